The summed E-state index contributed by atoms with van der Waals surface area (Å²) in [6.45, 7) is 7.32. The molecule has 0 unspecified atom stereocenters. The maximum absolute atomic E-state index is 11.7. The smallest absolute Gasteiger partial charge is 0.331 e. The number of aliphatic carboxylic acids is 1. The molecule has 2 N–H and O–H groups in total. The van der Waals surface area contributed by atoms with Crippen molar-refractivity contribution in [3.8, 4) is 0 Å². The number of nitrogens with zero attached hydrogens (tertiary/aromatic N) is 1. The van der Waals surface area contributed by atoms with Crippen molar-refractivity contribution in [2.75, 3.05) is 13.6 Å². The summed E-state index contributed by atoms with van der Waals surface area (Å²) >= 11 is 0. The van der Waals surface area contributed by atoms with Crippen molar-refractivity contribution in [1.82, 2.24) is 10.2 Å². The van der Waals surface area contributed by atoms with E-state index in [1.807, 2.05) is 13.8 Å². The highest BCUT2D eigenvalue weighted by Crippen LogP contribution is 2.04. The second-order valence-electron chi connectivity index (χ2n) is 4.92. The van der Waals surface area contributed by atoms with Crippen LogP contribution in [0.3, 0.4) is 0 Å². The SMILES string of the molecule is CC(C(=O)O)=C(C)C(=O)NC(=O)N(C)CCC(C)C. The summed E-state index contributed by atoms with van der Waals surface area (Å²) in [4.78, 5) is 35.5. The van der Waals surface area contributed by atoms with Gasteiger partial charge in [-0.25, -0.2) is 9.59 Å². The Balaban J connectivity index is 4.53. The van der Waals surface area contributed by atoms with Crippen molar-refractivity contribution in [3.63, 3.8) is 0 Å². The van der Waals surface area contributed by atoms with E-state index < -0.39 is 17.9 Å². The molecule has 0 aliphatic rings. The highest BCUT2D eigenvalue weighted by Gasteiger charge is 2.17. The standard InChI is InChI=1S/C13H22N2O4/c1-8(2)6-7-15(5)13(19)14-11(16)9(3)10(4)12(17)18/h8H,6-7H2,1-5H3,(H,17,18)(H,14,16,19). The molecule has 0 atom stereocenters. The van der Waals surface area contributed by atoms with Gasteiger partial charge in [-0.2, -0.15) is 0 Å². The minimum atomic E-state index is -1.17. The molecule has 0 saturated heterocycles. The lowest BCUT2D eigenvalue weighted by Crippen LogP contribution is -2.42. The van der Waals surface area contributed by atoms with Gasteiger partial charge in [-0.05, 0) is 26.2 Å². The maximum atomic E-state index is 11.7. The molecule has 3 amide bonds. The molecule has 0 radical (unpaired) electrons. The summed E-state index contributed by atoms with van der Waals surface area (Å²) in [5.74, 6) is -1.39. The Hall–Kier alpha value is -1.85. The van der Waals surface area contributed by atoms with Crippen molar-refractivity contribution >= 4 is 17.9 Å². The number of nitrogens with one attached hydrogen (secondary N) is 1. The molecule has 6 heteroatoms. The molecule has 108 valence electrons. The van der Waals surface area contributed by atoms with E-state index in [-0.39, 0.29) is 11.1 Å². The second-order valence-corrected chi connectivity index (χ2v) is 4.92. The Morgan fingerprint density at radius 1 is 1.16 bits per heavy atom. The molecule has 0 rings (SSSR count). The minimum Gasteiger partial charge on any atom is -0.478 e. The van der Waals surface area contributed by atoms with Crippen molar-refractivity contribution in [2.24, 2.45) is 5.92 Å². The average Bonchev–Trinajstić information content (AvgIpc) is 2.33. The zero-order valence-electron chi connectivity index (χ0n) is 12.1. The fourth-order valence-corrected chi connectivity index (χ4v) is 1.17. The van der Waals surface area contributed by atoms with Crippen molar-refractivity contribution < 1.29 is 19.5 Å². The topological polar surface area (TPSA) is 86.7 Å². The quantitative estimate of drug-likeness (QED) is 0.743. The molecule has 0 spiro atoms. The third-order valence-electron chi connectivity index (χ3n) is 2.83. The van der Waals surface area contributed by atoms with Crippen LogP contribution in [0.25, 0.3) is 0 Å². The number of hydrogen-bond acceptors (Lipinski definition) is 3. The molecule has 0 aromatic heterocycles. The summed E-state index contributed by atoms with van der Waals surface area (Å²) in [6, 6.07) is -0.525. The molecule has 6 nitrogen and oxygen atoms in total. The summed E-state index contributed by atoms with van der Waals surface area (Å²) in [5.41, 5.74) is -0.0479. The van der Waals surface area contributed by atoms with Crippen LogP contribution in [-0.2, 0) is 9.59 Å². The third kappa shape index (κ3) is 6.03. The van der Waals surface area contributed by atoms with Gasteiger partial charge in [0.2, 0.25) is 0 Å². The van der Waals surface area contributed by atoms with Gasteiger partial charge < -0.3 is 10.0 Å². The molecule has 0 aliphatic carbocycles. The van der Waals surface area contributed by atoms with E-state index in [4.69, 9.17) is 5.11 Å². The second kappa shape index (κ2) is 7.56. The largest absolute Gasteiger partial charge is 0.478 e. The van der Waals surface area contributed by atoms with E-state index in [1.54, 1.807) is 7.05 Å². The molecule has 0 aliphatic heterocycles. The van der Waals surface area contributed by atoms with Crippen LogP contribution in [0.1, 0.15) is 34.1 Å². The van der Waals surface area contributed by atoms with Gasteiger partial charge in [0.15, 0.2) is 0 Å². The number of carbonyl (C=O) groups excluding carboxylic acids is 2. The van der Waals surface area contributed by atoms with Crippen LogP contribution in [0.5, 0.6) is 0 Å². The van der Waals surface area contributed by atoms with E-state index in [1.165, 1.54) is 18.7 Å². The van der Waals surface area contributed by atoms with Gasteiger partial charge in [0, 0.05) is 24.7 Å². The Kier molecular flexibility index (Phi) is 6.82. The van der Waals surface area contributed by atoms with Gasteiger partial charge in [-0.3, -0.25) is 10.1 Å². The number of amides is 3. The van der Waals surface area contributed by atoms with E-state index >= 15 is 0 Å². The predicted molar refractivity (Wildman–Crippen MR) is 71.6 cm³/mol. The van der Waals surface area contributed by atoms with E-state index in [2.05, 4.69) is 5.32 Å². The first-order chi connectivity index (χ1) is 8.66. The third-order valence-corrected chi connectivity index (χ3v) is 2.83. The number of carboxylic acid groups (broad SMARTS) is 1. The van der Waals surface area contributed by atoms with Crippen LogP contribution in [0.4, 0.5) is 4.79 Å². The van der Waals surface area contributed by atoms with Crippen molar-refractivity contribution in [2.45, 2.75) is 34.1 Å². The number of carboxylic acids is 1. The summed E-state index contributed by atoms with van der Waals surface area (Å²) in [7, 11) is 1.59. The molecule has 0 saturated carbocycles. The monoisotopic (exact) mass is 270 g/mol. The lowest BCUT2D eigenvalue weighted by atomic mass is 10.1. The lowest BCUT2D eigenvalue weighted by molar-refractivity contribution is -0.133. The van der Waals surface area contributed by atoms with Gasteiger partial charge >= 0.3 is 12.0 Å². The fraction of sp³-hybridized carbons (Fsp3) is 0.615. The van der Waals surface area contributed by atoms with Crippen LogP contribution in [0, 0.1) is 5.92 Å². The summed E-state index contributed by atoms with van der Waals surface area (Å²) in [6.07, 6.45) is 0.834. The molecule has 0 aromatic rings. The van der Waals surface area contributed by atoms with Crippen LogP contribution >= 0.6 is 0 Å². The first-order valence-corrected chi connectivity index (χ1v) is 6.14. The number of rotatable bonds is 5. The molecular weight excluding hydrogens is 248 g/mol. The van der Waals surface area contributed by atoms with Crippen LogP contribution in [0.15, 0.2) is 11.1 Å². The van der Waals surface area contributed by atoms with Crippen LogP contribution in [0.2, 0.25) is 0 Å². The Labute approximate surface area is 113 Å². The van der Waals surface area contributed by atoms with E-state index in [0.717, 1.165) is 6.42 Å². The van der Waals surface area contributed by atoms with Gasteiger partial charge in [0.25, 0.3) is 5.91 Å². The lowest BCUT2D eigenvalue weighted by Gasteiger charge is -2.18. The highest BCUT2D eigenvalue weighted by molar-refractivity contribution is 6.07. The molecule has 19 heavy (non-hydrogen) atoms. The maximum Gasteiger partial charge on any atom is 0.331 e. The number of hydrogen-bond donors (Lipinski definition) is 2. The minimum absolute atomic E-state index is 0.0260. The van der Waals surface area contributed by atoms with Crippen molar-refractivity contribution in [1.29, 1.82) is 0 Å². The normalized spacial score (nSPS) is 11.9. The Morgan fingerprint density at radius 3 is 2.11 bits per heavy atom. The van der Waals surface area contributed by atoms with Crippen LogP contribution in [-0.4, -0.2) is 41.5 Å². The fourth-order valence-electron chi connectivity index (χ4n) is 1.17. The van der Waals surface area contributed by atoms with E-state index in [9.17, 15) is 14.4 Å². The number of urea groups is 1. The molecule has 0 aromatic carbocycles. The first-order valence-electron chi connectivity index (χ1n) is 6.14. The summed E-state index contributed by atoms with van der Waals surface area (Å²) in [5, 5.41) is 10.9. The van der Waals surface area contributed by atoms with Gasteiger partial charge in [-0.1, -0.05) is 13.8 Å². The van der Waals surface area contributed by atoms with Gasteiger partial charge in [0.1, 0.15) is 0 Å². The molecule has 0 heterocycles. The zero-order valence-corrected chi connectivity index (χ0v) is 12.1. The van der Waals surface area contributed by atoms with Gasteiger partial charge in [0.05, 0.1) is 0 Å². The Morgan fingerprint density at radius 2 is 1.68 bits per heavy atom. The molecular formula is C13H22N2O4. The first kappa shape index (κ1) is 17.2. The van der Waals surface area contributed by atoms with Gasteiger partial charge in [-0.15, -0.1) is 0 Å². The van der Waals surface area contributed by atoms with Crippen molar-refractivity contribution in [3.05, 3.63) is 11.1 Å². The highest BCUT2D eigenvalue weighted by atomic mass is 16.4. The van der Waals surface area contributed by atoms with Crippen LogP contribution < -0.4 is 5.32 Å². The molecule has 0 fully saturated rings. The van der Waals surface area contributed by atoms with E-state index in [0.29, 0.717) is 12.5 Å². The summed E-state index contributed by atoms with van der Waals surface area (Å²) < 4.78 is 0. The predicted octanol–water partition coefficient (Wildman–Crippen LogP) is 1.62. The number of carbonyl (C=O) groups is 3. The molecule has 0 bridgehead atoms. The average molecular weight is 270 g/mol. The number of imide groups is 1. The Bertz CT molecular complexity index is 399. The zero-order chi connectivity index (χ0) is 15.2.